The summed E-state index contributed by atoms with van der Waals surface area (Å²) < 4.78 is 1.54. The molecule has 2 heterocycles. The van der Waals surface area contributed by atoms with Crippen LogP contribution in [0.5, 0.6) is 0 Å². The van der Waals surface area contributed by atoms with Crippen LogP contribution in [0.3, 0.4) is 0 Å². The van der Waals surface area contributed by atoms with Crippen LogP contribution in [-0.2, 0) is 6.42 Å². The van der Waals surface area contributed by atoms with Crippen LogP contribution in [0.15, 0.2) is 24.5 Å². The Labute approximate surface area is 81.6 Å². The molecule has 14 heavy (non-hydrogen) atoms. The van der Waals surface area contributed by atoms with Gasteiger partial charge in [0.25, 0.3) is 5.95 Å². The Morgan fingerprint density at radius 1 is 1.36 bits per heavy atom. The Morgan fingerprint density at radius 2 is 2.07 bits per heavy atom. The van der Waals surface area contributed by atoms with Gasteiger partial charge in [0.2, 0.25) is 0 Å². The van der Waals surface area contributed by atoms with Crippen molar-refractivity contribution >= 4 is 5.82 Å². The van der Waals surface area contributed by atoms with Crippen LogP contribution < -0.4 is 5.73 Å². The molecule has 0 aliphatic heterocycles. The van der Waals surface area contributed by atoms with E-state index < -0.39 is 0 Å². The highest BCUT2D eigenvalue weighted by Crippen LogP contribution is 2.10. The maximum atomic E-state index is 5.77. The molecule has 0 amide bonds. The molecule has 0 aromatic carbocycles. The Morgan fingerprint density at radius 3 is 2.64 bits per heavy atom. The Kier molecular flexibility index (Phi) is 2.14. The van der Waals surface area contributed by atoms with Crippen LogP contribution >= 0.6 is 0 Å². The molecular weight excluding hydrogens is 178 g/mol. The van der Waals surface area contributed by atoms with Crippen LogP contribution in [0.4, 0.5) is 5.82 Å². The largest absolute Gasteiger partial charge is 0.383 e. The molecule has 0 saturated carbocycles. The van der Waals surface area contributed by atoms with Gasteiger partial charge < -0.3 is 5.73 Å². The van der Waals surface area contributed by atoms with Crippen LogP contribution in [0.25, 0.3) is 5.95 Å². The summed E-state index contributed by atoms with van der Waals surface area (Å²) in [6, 6.07) is 3.58. The molecule has 2 N–H and O–H groups in total. The summed E-state index contributed by atoms with van der Waals surface area (Å²) in [6.45, 7) is 2.03. The highest BCUT2D eigenvalue weighted by atomic mass is 15.4. The highest BCUT2D eigenvalue weighted by Gasteiger charge is 2.06. The van der Waals surface area contributed by atoms with Crippen LogP contribution in [0.1, 0.15) is 12.6 Å². The highest BCUT2D eigenvalue weighted by molar-refractivity contribution is 5.36. The monoisotopic (exact) mass is 189 g/mol. The van der Waals surface area contributed by atoms with Gasteiger partial charge in [-0.1, -0.05) is 6.92 Å². The fourth-order valence-electron chi connectivity index (χ4n) is 1.18. The van der Waals surface area contributed by atoms with E-state index in [0.717, 1.165) is 12.1 Å². The number of hydrogen-bond donors (Lipinski definition) is 1. The third-order valence-electron chi connectivity index (χ3n) is 1.89. The second-order valence-electron chi connectivity index (χ2n) is 2.87. The lowest BCUT2D eigenvalue weighted by atomic mass is 10.3. The van der Waals surface area contributed by atoms with Gasteiger partial charge in [0, 0.05) is 18.5 Å². The van der Waals surface area contributed by atoms with Gasteiger partial charge in [0.15, 0.2) is 0 Å². The molecule has 0 unspecified atom stereocenters. The molecule has 5 nitrogen and oxygen atoms in total. The van der Waals surface area contributed by atoms with Crippen molar-refractivity contribution in [3.8, 4) is 5.95 Å². The minimum atomic E-state index is 0.504. The third kappa shape index (κ3) is 1.44. The van der Waals surface area contributed by atoms with Crippen LogP contribution in [0, 0.1) is 0 Å². The number of aromatic nitrogens is 4. The van der Waals surface area contributed by atoms with Crippen LogP contribution in [0.2, 0.25) is 0 Å². The van der Waals surface area contributed by atoms with Gasteiger partial charge >= 0.3 is 0 Å². The lowest BCUT2D eigenvalue weighted by molar-refractivity contribution is 0.792. The quantitative estimate of drug-likeness (QED) is 0.758. The minimum absolute atomic E-state index is 0.504. The molecule has 0 aliphatic carbocycles. The molecule has 0 fully saturated rings. The molecular formula is C9H11N5. The molecule has 2 rings (SSSR count). The van der Waals surface area contributed by atoms with Crippen molar-refractivity contribution < 1.29 is 0 Å². The van der Waals surface area contributed by atoms with E-state index in [1.54, 1.807) is 23.1 Å². The van der Waals surface area contributed by atoms with Crippen LogP contribution in [-0.4, -0.2) is 19.7 Å². The smallest absolute Gasteiger partial charge is 0.252 e. The maximum absolute atomic E-state index is 5.77. The van der Waals surface area contributed by atoms with Crippen molar-refractivity contribution in [1.82, 2.24) is 19.7 Å². The SMILES string of the molecule is CCc1cc(N)n(-c2ncccn2)n1. The van der Waals surface area contributed by atoms with E-state index in [1.165, 1.54) is 0 Å². The second-order valence-corrected chi connectivity index (χ2v) is 2.87. The Balaban J connectivity index is 2.46. The first-order valence-electron chi connectivity index (χ1n) is 4.43. The predicted molar refractivity (Wildman–Crippen MR) is 52.9 cm³/mol. The molecule has 0 spiro atoms. The molecule has 2 aromatic rings. The maximum Gasteiger partial charge on any atom is 0.252 e. The average molecular weight is 189 g/mol. The van der Waals surface area contributed by atoms with Gasteiger partial charge in [0.05, 0.1) is 5.69 Å². The lowest BCUT2D eigenvalue weighted by Gasteiger charge is -1.99. The molecule has 72 valence electrons. The summed E-state index contributed by atoms with van der Waals surface area (Å²) in [7, 11) is 0. The first kappa shape index (κ1) is 8.68. The summed E-state index contributed by atoms with van der Waals surface area (Å²) in [6.07, 6.45) is 4.17. The molecule has 0 aliphatic rings. The molecule has 2 aromatic heterocycles. The van der Waals surface area contributed by atoms with Crippen molar-refractivity contribution in [3.63, 3.8) is 0 Å². The van der Waals surface area contributed by atoms with E-state index >= 15 is 0 Å². The minimum Gasteiger partial charge on any atom is -0.383 e. The predicted octanol–water partition coefficient (Wildman–Crippen LogP) is 0.807. The summed E-state index contributed by atoms with van der Waals surface area (Å²) >= 11 is 0. The number of nitrogens with two attached hydrogens (primary N) is 1. The Bertz CT molecular complexity index is 420. The summed E-state index contributed by atoms with van der Waals surface area (Å²) in [4.78, 5) is 8.13. The second kappa shape index (κ2) is 3.45. The first-order chi connectivity index (χ1) is 6.81. The summed E-state index contributed by atoms with van der Waals surface area (Å²) in [5.74, 6) is 1.07. The number of hydrogen-bond acceptors (Lipinski definition) is 4. The van der Waals surface area contributed by atoms with Crippen molar-refractivity contribution in [2.75, 3.05) is 5.73 Å². The van der Waals surface area contributed by atoms with E-state index in [2.05, 4.69) is 15.1 Å². The zero-order valence-corrected chi connectivity index (χ0v) is 7.88. The summed E-state index contributed by atoms with van der Waals surface area (Å²) in [5, 5.41) is 4.27. The molecule has 0 atom stereocenters. The average Bonchev–Trinajstić information content (AvgIpc) is 2.61. The Hall–Kier alpha value is -1.91. The van der Waals surface area contributed by atoms with Gasteiger partial charge in [-0.3, -0.25) is 0 Å². The van der Waals surface area contributed by atoms with Gasteiger partial charge in [-0.05, 0) is 12.5 Å². The van der Waals surface area contributed by atoms with Gasteiger partial charge in [-0.25, -0.2) is 9.97 Å². The van der Waals surface area contributed by atoms with E-state index in [9.17, 15) is 0 Å². The van der Waals surface area contributed by atoms with E-state index in [0.29, 0.717) is 11.8 Å². The van der Waals surface area contributed by atoms with Crippen molar-refractivity contribution in [1.29, 1.82) is 0 Å². The fraction of sp³-hybridized carbons (Fsp3) is 0.222. The standard InChI is InChI=1S/C9H11N5/c1-2-7-6-8(10)14(13-7)9-11-4-3-5-12-9/h3-6H,2,10H2,1H3. The van der Waals surface area contributed by atoms with Gasteiger partial charge in [-0.15, -0.1) is 0 Å². The van der Waals surface area contributed by atoms with E-state index in [4.69, 9.17) is 5.73 Å². The molecule has 5 heteroatoms. The van der Waals surface area contributed by atoms with E-state index in [1.807, 2.05) is 13.0 Å². The first-order valence-corrected chi connectivity index (χ1v) is 4.43. The third-order valence-corrected chi connectivity index (χ3v) is 1.89. The molecule has 0 bridgehead atoms. The zero-order valence-electron chi connectivity index (χ0n) is 7.88. The molecule has 0 radical (unpaired) electrons. The number of rotatable bonds is 2. The number of nitrogens with zero attached hydrogens (tertiary/aromatic N) is 4. The van der Waals surface area contributed by atoms with Crippen molar-refractivity contribution in [3.05, 3.63) is 30.2 Å². The van der Waals surface area contributed by atoms with Gasteiger partial charge in [0.1, 0.15) is 5.82 Å². The normalized spacial score (nSPS) is 10.4. The summed E-state index contributed by atoms with van der Waals surface area (Å²) in [5.41, 5.74) is 6.71. The van der Waals surface area contributed by atoms with Crippen molar-refractivity contribution in [2.24, 2.45) is 0 Å². The topological polar surface area (TPSA) is 69.6 Å². The van der Waals surface area contributed by atoms with Crippen molar-refractivity contribution in [2.45, 2.75) is 13.3 Å². The molecule has 0 saturated heterocycles. The number of aryl methyl sites for hydroxylation is 1. The fourth-order valence-corrected chi connectivity index (χ4v) is 1.18. The van der Waals surface area contributed by atoms with Gasteiger partial charge in [-0.2, -0.15) is 9.78 Å². The lowest BCUT2D eigenvalue weighted by Crippen LogP contribution is -2.05. The number of nitrogen functional groups attached to an aromatic ring is 1. The zero-order chi connectivity index (χ0) is 9.97. The number of anilines is 1. The van der Waals surface area contributed by atoms with E-state index in [-0.39, 0.29) is 0 Å².